The molecule has 2 aromatic carbocycles. The zero-order chi connectivity index (χ0) is 25.9. The van der Waals surface area contributed by atoms with Gasteiger partial charge in [0.1, 0.15) is 17.6 Å². The number of benzene rings is 2. The third-order valence-corrected chi connectivity index (χ3v) is 7.63. The Balaban J connectivity index is 1.86. The van der Waals surface area contributed by atoms with Crippen molar-refractivity contribution in [3.63, 3.8) is 0 Å². The van der Waals surface area contributed by atoms with Crippen LogP contribution in [0.1, 0.15) is 49.9 Å². The number of carbonyl (C=O) groups excluding carboxylic acids is 2. The van der Waals surface area contributed by atoms with Crippen LogP contribution in [0.2, 0.25) is 0 Å². The molecule has 0 bridgehead atoms. The summed E-state index contributed by atoms with van der Waals surface area (Å²) in [5.74, 6) is -0.559. The minimum Gasteiger partial charge on any atom is -0.611 e. The molecule has 190 valence electrons. The number of ketones is 1. The van der Waals surface area contributed by atoms with Crippen molar-refractivity contribution in [1.29, 1.82) is 0 Å². The van der Waals surface area contributed by atoms with Gasteiger partial charge in [-0.2, -0.15) is 0 Å². The van der Waals surface area contributed by atoms with Gasteiger partial charge in [0.2, 0.25) is 0 Å². The number of hydrogen-bond acceptors (Lipinski definition) is 6. The molecule has 3 rings (SSSR count). The van der Waals surface area contributed by atoms with Gasteiger partial charge in [-0.25, -0.2) is 4.79 Å². The second-order valence-corrected chi connectivity index (χ2v) is 10.6. The number of ether oxygens (including phenoxy) is 1. The molecule has 2 aromatic rings. The topological polar surface area (TPSA) is 88.0 Å². The lowest BCUT2D eigenvalue weighted by Gasteiger charge is -2.28. The zero-order valence-corrected chi connectivity index (χ0v) is 22.0. The first-order chi connectivity index (χ1) is 17.4. The Morgan fingerprint density at radius 2 is 1.83 bits per heavy atom. The Hall–Kier alpha value is -2.87. The number of Topliss-reactive ketones (excluding diaryl/α,β-unsaturated/α-hetero) is 1. The molecule has 0 N–H and O–H groups in total. The van der Waals surface area contributed by atoms with Crippen molar-refractivity contribution in [2.75, 3.05) is 6.61 Å². The number of hydrogen-bond donors (Lipinski definition) is 0. The monoisotopic (exact) mass is 527 g/mol. The van der Waals surface area contributed by atoms with E-state index in [2.05, 4.69) is 5.16 Å². The van der Waals surface area contributed by atoms with E-state index in [1.54, 1.807) is 30.3 Å². The van der Waals surface area contributed by atoms with E-state index in [1.165, 1.54) is 5.54 Å². The van der Waals surface area contributed by atoms with Crippen LogP contribution in [-0.2, 0) is 25.5 Å². The molecule has 36 heavy (non-hydrogen) atoms. The highest BCUT2D eigenvalue weighted by molar-refractivity contribution is 7.92. The van der Waals surface area contributed by atoms with Gasteiger partial charge in [-0.15, -0.1) is 0 Å². The maximum atomic E-state index is 13.3. The summed E-state index contributed by atoms with van der Waals surface area (Å²) in [6, 6.07) is 17.9. The summed E-state index contributed by atoms with van der Waals surface area (Å²) in [6.45, 7) is 3.92. The molecule has 0 spiro atoms. The summed E-state index contributed by atoms with van der Waals surface area (Å²) in [5.41, 5.74) is 2.41. The molecule has 0 saturated heterocycles. The first kappa shape index (κ1) is 27.7. The molecular formula is C28H30ClNO5S. The average molecular weight is 528 g/mol. The lowest BCUT2D eigenvalue weighted by atomic mass is 9.82. The quantitative estimate of drug-likeness (QED) is 0.114. The number of esters is 1. The van der Waals surface area contributed by atoms with Gasteiger partial charge in [-0.1, -0.05) is 60.1 Å². The molecule has 0 saturated carbocycles. The molecule has 0 aliphatic heterocycles. The van der Waals surface area contributed by atoms with Crippen molar-refractivity contribution in [1.82, 2.24) is 0 Å². The summed E-state index contributed by atoms with van der Waals surface area (Å²) < 4.78 is 18.8. The molecular weight excluding hydrogens is 498 g/mol. The van der Waals surface area contributed by atoms with E-state index in [9.17, 15) is 14.1 Å². The van der Waals surface area contributed by atoms with Gasteiger partial charge in [-0.3, -0.25) is 4.79 Å². The Labute approximate surface area is 220 Å². The number of nitrogens with zero attached hydrogens (tertiary/aromatic N) is 1. The van der Waals surface area contributed by atoms with E-state index in [4.69, 9.17) is 21.2 Å². The smallest absolute Gasteiger partial charge is 0.343 e. The lowest BCUT2D eigenvalue weighted by Crippen LogP contribution is -2.30. The summed E-state index contributed by atoms with van der Waals surface area (Å²) in [5, 5.41) is 3.95. The van der Waals surface area contributed by atoms with Gasteiger partial charge >= 0.3 is 5.97 Å². The van der Waals surface area contributed by atoms with Gasteiger partial charge in [0.05, 0.1) is 16.8 Å². The molecule has 1 aliphatic rings. The SMILES string of the molecule is CCC(=NOC/C=C/Cl)C1=C(OC(=O)c2ccccc2)CC(CC(C)[S+]([O-])c2ccccc2)CC1=O. The summed E-state index contributed by atoms with van der Waals surface area (Å²) in [4.78, 5) is 32.3. The highest BCUT2D eigenvalue weighted by atomic mass is 35.5. The van der Waals surface area contributed by atoms with E-state index in [0.29, 0.717) is 30.5 Å². The van der Waals surface area contributed by atoms with Crippen LogP contribution in [-0.4, -0.2) is 33.9 Å². The number of oxime groups is 1. The van der Waals surface area contributed by atoms with Crippen molar-refractivity contribution >= 4 is 40.2 Å². The van der Waals surface area contributed by atoms with Crippen molar-refractivity contribution < 1.29 is 23.7 Å². The van der Waals surface area contributed by atoms with Crippen molar-refractivity contribution in [2.45, 2.75) is 49.7 Å². The van der Waals surface area contributed by atoms with Gasteiger partial charge in [0.25, 0.3) is 0 Å². The molecule has 8 heteroatoms. The summed E-state index contributed by atoms with van der Waals surface area (Å²) in [6.07, 6.45) is 3.14. The standard InChI is InChI=1S/C28H30ClNO5S/c1-3-24(30-34-16-10-15-29)27-25(31)18-21(17-20(2)36(33)23-13-8-5-9-14-23)19-26(27)35-28(32)22-11-6-4-7-12-22/h4-15,20-21H,3,16-19H2,1-2H3/b15-10+,30-24?. The Morgan fingerprint density at radius 1 is 1.17 bits per heavy atom. The Kier molecular flexibility index (Phi) is 10.8. The first-order valence-electron chi connectivity index (χ1n) is 11.9. The van der Waals surface area contributed by atoms with Crippen LogP contribution in [0.4, 0.5) is 0 Å². The van der Waals surface area contributed by atoms with Crippen LogP contribution in [0.25, 0.3) is 0 Å². The van der Waals surface area contributed by atoms with Gasteiger partial charge in [0, 0.05) is 18.4 Å². The number of halogens is 1. The van der Waals surface area contributed by atoms with E-state index in [1.807, 2.05) is 50.2 Å². The molecule has 0 fully saturated rings. The fraction of sp³-hybridized carbons (Fsp3) is 0.321. The van der Waals surface area contributed by atoms with Crippen LogP contribution >= 0.6 is 11.6 Å². The molecule has 3 unspecified atom stereocenters. The fourth-order valence-corrected chi connectivity index (χ4v) is 5.52. The molecule has 0 radical (unpaired) electrons. The zero-order valence-electron chi connectivity index (χ0n) is 20.4. The second-order valence-electron chi connectivity index (χ2n) is 8.46. The lowest BCUT2D eigenvalue weighted by molar-refractivity contribution is -0.116. The fourth-order valence-electron chi connectivity index (χ4n) is 4.11. The number of rotatable bonds is 11. The van der Waals surface area contributed by atoms with Crippen LogP contribution in [0.5, 0.6) is 0 Å². The highest BCUT2D eigenvalue weighted by Crippen LogP contribution is 2.34. The molecule has 3 atom stereocenters. The van der Waals surface area contributed by atoms with Crippen molar-refractivity contribution in [3.8, 4) is 0 Å². The largest absolute Gasteiger partial charge is 0.611 e. The third kappa shape index (κ3) is 7.56. The molecule has 6 nitrogen and oxygen atoms in total. The van der Waals surface area contributed by atoms with E-state index < -0.39 is 17.1 Å². The predicted molar refractivity (Wildman–Crippen MR) is 142 cm³/mol. The Bertz CT molecular complexity index is 1120. The number of allylic oxidation sites excluding steroid dienone is 2. The predicted octanol–water partition coefficient (Wildman–Crippen LogP) is 6.20. The van der Waals surface area contributed by atoms with Crippen LogP contribution in [0, 0.1) is 5.92 Å². The normalized spacial score (nSPS) is 18.3. The Morgan fingerprint density at radius 3 is 2.47 bits per heavy atom. The minimum absolute atomic E-state index is 0.124. The van der Waals surface area contributed by atoms with Crippen LogP contribution in [0.15, 0.2) is 93.7 Å². The van der Waals surface area contributed by atoms with Crippen LogP contribution < -0.4 is 0 Å². The maximum Gasteiger partial charge on any atom is 0.343 e. The van der Waals surface area contributed by atoms with Gasteiger partial charge in [0.15, 0.2) is 10.7 Å². The van der Waals surface area contributed by atoms with E-state index in [0.717, 1.165) is 4.90 Å². The van der Waals surface area contributed by atoms with Crippen LogP contribution in [0.3, 0.4) is 0 Å². The number of carbonyl (C=O) groups is 2. The first-order valence-corrected chi connectivity index (χ1v) is 13.5. The molecule has 0 heterocycles. The van der Waals surface area contributed by atoms with Gasteiger partial charge in [-0.05, 0) is 67.2 Å². The molecule has 1 aliphatic carbocycles. The molecule has 0 aromatic heterocycles. The van der Waals surface area contributed by atoms with E-state index in [-0.39, 0.29) is 41.3 Å². The maximum absolute atomic E-state index is 13.3. The molecule has 0 amide bonds. The second kappa shape index (κ2) is 14.0. The highest BCUT2D eigenvalue weighted by Gasteiger charge is 2.35. The minimum atomic E-state index is -1.21. The average Bonchev–Trinajstić information content (AvgIpc) is 2.90. The van der Waals surface area contributed by atoms with E-state index >= 15 is 0 Å². The third-order valence-electron chi connectivity index (χ3n) is 5.80. The summed E-state index contributed by atoms with van der Waals surface area (Å²) in [7, 11) is 0. The van der Waals surface area contributed by atoms with Crippen molar-refractivity contribution in [2.24, 2.45) is 11.1 Å². The summed E-state index contributed by atoms with van der Waals surface area (Å²) >= 11 is 4.31. The van der Waals surface area contributed by atoms with Gasteiger partial charge < -0.3 is 14.1 Å². The van der Waals surface area contributed by atoms with Crippen molar-refractivity contribution in [3.05, 3.63) is 89.2 Å².